The SMILES string of the molecule is CCCNC(CC)CS(=O)(=O)C1CCCC(C)C1. The van der Waals surface area contributed by atoms with E-state index in [1.807, 2.05) is 0 Å². The molecule has 1 fully saturated rings. The van der Waals surface area contributed by atoms with E-state index in [1.165, 1.54) is 6.42 Å². The van der Waals surface area contributed by atoms with Crippen LogP contribution >= 0.6 is 0 Å². The van der Waals surface area contributed by atoms with Gasteiger partial charge in [-0.2, -0.15) is 0 Å². The van der Waals surface area contributed by atoms with Crippen molar-refractivity contribution in [1.29, 1.82) is 0 Å². The topological polar surface area (TPSA) is 46.2 Å². The molecule has 1 saturated carbocycles. The summed E-state index contributed by atoms with van der Waals surface area (Å²) in [4.78, 5) is 0. The van der Waals surface area contributed by atoms with Gasteiger partial charge in [-0.15, -0.1) is 0 Å². The monoisotopic (exact) mass is 275 g/mol. The number of sulfone groups is 1. The average Bonchev–Trinajstić information content (AvgIpc) is 2.34. The van der Waals surface area contributed by atoms with Gasteiger partial charge < -0.3 is 5.32 Å². The van der Waals surface area contributed by atoms with E-state index in [-0.39, 0.29) is 11.3 Å². The Hall–Kier alpha value is -0.0900. The molecule has 1 aliphatic rings. The Bertz CT molecular complexity index is 327. The van der Waals surface area contributed by atoms with Gasteiger partial charge in [0.25, 0.3) is 0 Å². The second-order valence-electron chi connectivity index (χ2n) is 5.78. The second-order valence-corrected chi connectivity index (χ2v) is 8.11. The number of nitrogens with one attached hydrogen (secondary N) is 1. The van der Waals surface area contributed by atoms with Gasteiger partial charge in [-0.05, 0) is 38.1 Å². The van der Waals surface area contributed by atoms with Crippen LogP contribution in [0.15, 0.2) is 0 Å². The molecule has 108 valence electrons. The maximum atomic E-state index is 12.4. The fourth-order valence-electron chi connectivity index (χ4n) is 2.79. The summed E-state index contributed by atoms with van der Waals surface area (Å²) in [6.07, 6.45) is 5.95. The predicted molar refractivity (Wildman–Crippen MR) is 77.6 cm³/mol. The van der Waals surface area contributed by atoms with Gasteiger partial charge in [0.2, 0.25) is 0 Å². The standard InChI is InChI=1S/C14H29NO2S/c1-4-9-15-13(5-2)11-18(16,17)14-8-6-7-12(3)10-14/h12-15H,4-11H2,1-3H3. The molecule has 0 aliphatic heterocycles. The molecule has 3 nitrogen and oxygen atoms in total. The fraction of sp³-hybridized carbons (Fsp3) is 1.00. The van der Waals surface area contributed by atoms with Gasteiger partial charge in [-0.25, -0.2) is 8.42 Å². The zero-order valence-electron chi connectivity index (χ0n) is 12.1. The molecule has 0 aromatic carbocycles. The molecular weight excluding hydrogens is 246 g/mol. The molecule has 0 aromatic rings. The van der Waals surface area contributed by atoms with E-state index in [9.17, 15) is 8.42 Å². The van der Waals surface area contributed by atoms with Crippen molar-refractivity contribution in [3.8, 4) is 0 Å². The number of rotatable bonds is 7. The van der Waals surface area contributed by atoms with Crippen LogP contribution in [0, 0.1) is 5.92 Å². The highest BCUT2D eigenvalue weighted by molar-refractivity contribution is 7.92. The van der Waals surface area contributed by atoms with Crippen molar-refractivity contribution >= 4 is 9.84 Å². The molecule has 4 heteroatoms. The maximum Gasteiger partial charge on any atom is 0.154 e. The Labute approximate surface area is 113 Å². The van der Waals surface area contributed by atoms with Crippen molar-refractivity contribution in [3.05, 3.63) is 0 Å². The predicted octanol–water partition coefficient (Wildman–Crippen LogP) is 2.76. The molecule has 3 unspecified atom stereocenters. The van der Waals surface area contributed by atoms with Gasteiger partial charge in [0, 0.05) is 6.04 Å². The van der Waals surface area contributed by atoms with E-state index >= 15 is 0 Å². The zero-order chi connectivity index (χ0) is 13.6. The first-order valence-corrected chi connectivity index (χ1v) is 9.16. The van der Waals surface area contributed by atoms with Crippen LogP contribution in [-0.4, -0.2) is 32.0 Å². The Morgan fingerprint density at radius 2 is 2.00 bits per heavy atom. The Balaban J connectivity index is 2.56. The summed E-state index contributed by atoms with van der Waals surface area (Å²) in [6, 6.07) is 0.132. The summed E-state index contributed by atoms with van der Waals surface area (Å²) < 4.78 is 24.8. The van der Waals surface area contributed by atoms with E-state index in [1.54, 1.807) is 0 Å². The minimum Gasteiger partial charge on any atom is -0.313 e. The minimum atomic E-state index is -2.92. The van der Waals surface area contributed by atoms with Gasteiger partial charge >= 0.3 is 0 Å². The van der Waals surface area contributed by atoms with Crippen LogP contribution in [-0.2, 0) is 9.84 Å². The number of hydrogen-bond donors (Lipinski definition) is 1. The van der Waals surface area contributed by atoms with Gasteiger partial charge in [-0.3, -0.25) is 0 Å². The van der Waals surface area contributed by atoms with Crippen LogP contribution in [0.25, 0.3) is 0 Å². The van der Waals surface area contributed by atoms with Crippen molar-refractivity contribution in [3.63, 3.8) is 0 Å². The van der Waals surface area contributed by atoms with Crippen molar-refractivity contribution in [2.75, 3.05) is 12.3 Å². The normalized spacial score (nSPS) is 27.1. The summed E-state index contributed by atoms with van der Waals surface area (Å²) in [7, 11) is -2.92. The van der Waals surface area contributed by atoms with E-state index in [4.69, 9.17) is 0 Å². The van der Waals surface area contributed by atoms with Crippen LogP contribution in [0.5, 0.6) is 0 Å². The molecule has 0 saturated heterocycles. The lowest BCUT2D eigenvalue weighted by Gasteiger charge is -2.28. The van der Waals surface area contributed by atoms with Gasteiger partial charge in [0.05, 0.1) is 11.0 Å². The summed E-state index contributed by atoms with van der Waals surface area (Å²) in [5, 5.41) is 3.26. The molecule has 1 aliphatic carbocycles. The fourth-order valence-corrected chi connectivity index (χ4v) is 5.12. The molecule has 0 amide bonds. The van der Waals surface area contributed by atoms with Crippen LogP contribution in [0.4, 0.5) is 0 Å². The molecule has 0 aromatic heterocycles. The Morgan fingerprint density at radius 3 is 2.56 bits per heavy atom. The van der Waals surface area contributed by atoms with Crippen molar-refractivity contribution in [1.82, 2.24) is 5.32 Å². The van der Waals surface area contributed by atoms with E-state index in [0.29, 0.717) is 11.7 Å². The Kier molecular flexibility index (Phi) is 6.64. The lowest BCUT2D eigenvalue weighted by atomic mass is 9.91. The first kappa shape index (κ1) is 16.0. The third-order valence-electron chi connectivity index (χ3n) is 4.01. The third-order valence-corrected chi connectivity index (χ3v) is 6.32. The van der Waals surface area contributed by atoms with E-state index < -0.39 is 9.84 Å². The summed E-state index contributed by atoms with van der Waals surface area (Å²) >= 11 is 0. The quantitative estimate of drug-likeness (QED) is 0.777. The highest BCUT2D eigenvalue weighted by atomic mass is 32.2. The lowest BCUT2D eigenvalue weighted by molar-refractivity contribution is 0.380. The van der Waals surface area contributed by atoms with Crippen LogP contribution in [0.1, 0.15) is 59.3 Å². The summed E-state index contributed by atoms with van der Waals surface area (Å²) in [6.45, 7) is 7.26. The highest BCUT2D eigenvalue weighted by Gasteiger charge is 2.31. The third kappa shape index (κ3) is 4.88. The maximum absolute atomic E-state index is 12.4. The van der Waals surface area contributed by atoms with Crippen molar-refractivity contribution in [2.24, 2.45) is 5.92 Å². The van der Waals surface area contributed by atoms with Crippen LogP contribution in [0.2, 0.25) is 0 Å². The zero-order valence-corrected chi connectivity index (χ0v) is 12.9. The average molecular weight is 275 g/mol. The summed E-state index contributed by atoms with van der Waals surface area (Å²) in [5.41, 5.74) is 0. The van der Waals surface area contributed by atoms with Crippen molar-refractivity contribution in [2.45, 2.75) is 70.6 Å². The van der Waals surface area contributed by atoms with Crippen molar-refractivity contribution < 1.29 is 8.42 Å². The smallest absolute Gasteiger partial charge is 0.154 e. The van der Waals surface area contributed by atoms with Crippen LogP contribution < -0.4 is 5.32 Å². The lowest BCUT2D eigenvalue weighted by Crippen LogP contribution is -2.40. The number of hydrogen-bond acceptors (Lipinski definition) is 3. The largest absolute Gasteiger partial charge is 0.313 e. The van der Waals surface area contributed by atoms with Gasteiger partial charge in [0.15, 0.2) is 9.84 Å². The summed E-state index contributed by atoms with van der Waals surface area (Å²) in [5.74, 6) is 0.892. The molecule has 3 atom stereocenters. The van der Waals surface area contributed by atoms with Crippen LogP contribution in [0.3, 0.4) is 0 Å². The minimum absolute atomic E-state index is 0.0845. The Morgan fingerprint density at radius 1 is 1.28 bits per heavy atom. The molecular formula is C14H29NO2S. The molecule has 0 heterocycles. The first-order chi connectivity index (χ1) is 8.49. The van der Waals surface area contributed by atoms with Gasteiger partial charge in [-0.1, -0.05) is 33.6 Å². The second kappa shape index (κ2) is 7.49. The molecule has 1 N–H and O–H groups in total. The molecule has 0 spiro atoms. The molecule has 18 heavy (non-hydrogen) atoms. The highest BCUT2D eigenvalue weighted by Crippen LogP contribution is 2.29. The first-order valence-electron chi connectivity index (χ1n) is 7.44. The molecule has 1 rings (SSSR count). The molecule has 0 radical (unpaired) electrons. The van der Waals surface area contributed by atoms with Gasteiger partial charge in [0.1, 0.15) is 0 Å². The van der Waals surface area contributed by atoms with E-state index in [0.717, 1.165) is 38.6 Å². The van der Waals surface area contributed by atoms with E-state index in [2.05, 4.69) is 26.1 Å². The molecule has 0 bridgehead atoms.